The van der Waals surface area contributed by atoms with E-state index in [1.165, 1.54) is 0 Å². The van der Waals surface area contributed by atoms with Crippen molar-refractivity contribution in [1.29, 1.82) is 0 Å². The predicted octanol–water partition coefficient (Wildman–Crippen LogP) is 3.05. The first-order valence-corrected chi connectivity index (χ1v) is 4.65. The lowest BCUT2D eigenvalue weighted by Gasteiger charge is -2.02. The van der Waals surface area contributed by atoms with Crippen molar-refractivity contribution in [1.82, 2.24) is 0 Å². The summed E-state index contributed by atoms with van der Waals surface area (Å²) in [6.07, 6.45) is 0. The highest BCUT2D eigenvalue weighted by molar-refractivity contribution is 6.42. The average molecular weight is 216 g/mol. The zero-order valence-electron chi connectivity index (χ0n) is 6.90. The molecule has 1 aromatic rings. The van der Waals surface area contributed by atoms with Gasteiger partial charge in [-0.3, -0.25) is 4.79 Å². The third-order valence-electron chi connectivity index (χ3n) is 2.21. The van der Waals surface area contributed by atoms with Crippen molar-refractivity contribution in [2.45, 2.75) is 12.8 Å². The van der Waals surface area contributed by atoms with Gasteiger partial charge in [-0.1, -0.05) is 23.2 Å². The molecule has 4 heteroatoms. The third kappa shape index (κ3) is 1.30. The average Bonchev–Trinajstić information content (AvgIpc) is 2.32. The second kappa shape index (κ2) is 2.89. The molecule has 1 aliphatic heterocycles. The van der Waals surface area contributed by atoms with E-state index < -0.39 is 0 Å². The molecule has 2 nitrogen and oxygen atoms in total. The third-order valence-corrected chi connectivity index (χ3v) is 2.93. The molecule has 1 aliphatic rings. The van der Waals surface area contributed by atoms with E-state index in [2.05, 4.69) is 5.32 Å². The molecule has 1 heterocycles. The summed E-state index contributed by atoms with van der Waals surface area (Å²) in [7, 11) is 0. The van der Waals surface area contributed by atoms with Crippen molar-refractivity contribution >= 4 is 34.8 Å². The Bertz CT molecular complexity index is 389. The molecule has 0 aliphatic carbocycles. The SMILES string of the molecule is CC1C(=O)Nc2cc(Cl)c(Cl)cc21. The highest BCUT2D eigenvalue weighted by Crippen LogP contribution is 2.37. The van der Waals surface area contributed by atoms with Gasteiger partial charge in [0.15, 0.2) is 0 Å². The van der Waals surface area contributed by atoms with Crippen LogP contribution < -0.4 is 5.32 Å². The number of carbonyl (C=O) groups excluding carboxylic acids is 1. The molecule has 0 fully saturated rings. The smallest absolute Gasteiger partial charge is 0.231 e. The maximum absolute atomic E-state index is 11.3. The van der Waals surface area contributed by atoms with Gasteiger partial charge in [-0.2, -0.15) is 0 Å². The van der Waals surface area contributed by atoms with Gasteiger partial charge in [0.1, 0.15) is 0 Å². The fraction of sp³-hybridized carbons (Fsp3) is 0.222. The van der Waals surface area contributed by atoms with Gasteiger partial charge in [0.05, 0.1) is 16.0 Å². The highest BCUT2D eigenvalue weighted by atomic mass is 35.5. The normalized spacial score (nSPS) is 19.9. The number of rotatable bonds is 0. The molecule has 0 saturated carbocycles. The van der Waals surface area contributed by atoms with Gasteiger partial charge in [-0.05, 0) is 24.6 Å². The molecule has 13 heavy (non-hydrogen) atoms. The minimum Gasteiger partial charge on any atom is -0.325 e. The summed E-state index contributed by atoms with van der Waals surface area (Å²) in [4.78, 5) is 11.3. The lowest BCUT2D eigenvalue weighted by molar-refractivity contribution is -0.116. The molecular formula is C9H7Cl2NO. The van der Waals surface area contributed by atoms with Crippen LogP contribution in [-0.4, -0.2) is 5.91 Å². The van der Waals surface area contributed by atoms with E-state index in [1.54, 1.807) is 12.1 Å². The summed E-state index contributed by atoms with van der Waals surface area (Å²) in [6, 6.07) is 3.42. The quantitative estimate of drug-likeness (QED) is 0.709. The second-order valence-electron chi connectivity index (χ2n) is 3.06. The van der Waals surface area contributed by atoms with Crippen molar-refractivity contribution in [3.05, 3.63) is 27.7 Å². The molecule has 0 saturated heterocycles. The Balaban J connectivity index is 2.59. The Morgan fingerprint density at radius 2 is 1.92 bits per heavy atom. The van der Waals surface area contributed by atoms with E-state index in [0.717, 1.165) is 11.3 Å². The summed E-state index contributed by atoms with van der Waals surface area (Å²) in [6.45, 7) is 1.84. The largest absolute Gasteiger partial charge is 0.325 e. The Morgan fingerprint density at radius 1 is 1.31 bits per heavy atom. The Morgan fingerprint density at radius 3 is 2.62 bits per heavy atom. The van der Waals surface area contributed by atoms with E-state index >= 15 is 0 Å². The maximum Gasteiger partial charge on any atom is 0.231 e. The minimum absolute atomic E-state index is 0.00617. The number of anilines is 1. The van der Waals surface area contributed by atoms with Gasteiger partial charge in [-0.25, -0.2) is 0 Å². The summed E-state index contributed by atoms with van der Waals surface area (Å²) >= 11 is 11.6. The zero-order valence-corrected chi connectivity index (χ0v) is 8.41. The van der Waals surface area contributed by atoms with Crippen molar-refractivity contribution in [2.75, 3.05) is 5.32 Å². The number of carbonyl (C=O) groups is 1. The molecular weight excluding hydrogens is 209 g/mol. The standard InChI is InChI=1S/C9H7Cl2NO/c1-4-5-2-6(10)7(11)3-8(5)12-9(4)13/h2-4H,1H3,(H,12,13). The van der Waals surface area contributed by atoms with Crippen LogP contribution in [-0.2, 0) is 4.79 Å². The van der Waals surface area contributed by atoms with Crippen LogP contribution >= 0.6 is 23.2 Å². The van der Waals surface area contributed by atoms with Crippen LogP contribution in [0, 0.1) is 0 Å². The van der Waals surface area contributed by atoms with Crippen LogP contribution in [0.25, 0.3) is 0 Å². The van der Waals surface area contributed by atoms with Gasteiger partial charge in [0, 0.05) is 5.69 Å². The minimum atomic E-state index is -0.134. The topological polar surface area (TPSA) is 29.1 Å². The summed E-state index contributed by atoms with van der Waals surface area (Å²) in [5.41, 5.74) is 1.69. The molecule has 0 radical (unpaired) electrons. The monoisotopic (exact) mass is 215 g/mol. The van der Waals surface area contributed by atoms with Crippen molar-refractivity contribution in [3.8, 4) is 0 Å². The van der Waals surface area contributed by atoms with Crippen LogP contribution in [0.5, 0.6) is 0 Å². The van der Waals surface area contributed by atoms with Gasteiger partial charge >= 0.3 is 0 Å². The summed E-state index contributed by atoms with van der Waals surface area (Å²) < 4.78 is 0. The van der Waals surface area contributed by atoms with Crippen LogP contribution in [0.2, 0.25) is 10.0 Å². The lowest BCUT2D eigenvalue weighted by atomic mass is 10.0. The van der Waals surface area contributed by atoms with Gasteiger partial charge in [0.2, 0.25) is 5.91 Å². The number of fused-ring (bicyclic) bond motifs is 1. The van der Waals surface area contributed by atoms with Gasteiger partial charge in [0.25, 0.3) is 0 Å². The van der Waals surface area contributed by atoms with Gasteiger partial charge < -0.3 is 5.32 Å². The molecule has 1 atom stereocenters. The van der Waals surface area contributed by atoms with Crippen molar-refractivity contribution in [2.24, 2.45) is 0 Å². The zero-order chi connectivity index (χ0) is 9.59. The number of benzene rings is 1. The fourth-order valence-corrected chi connectivity index (χ4v) is 1.75. The number of nitrogens with one attached hydrogen (secondary N) is 1. The Labute approximate surface area is 85.8 Å². The highest BCUT2D eigenvalue weighted by Gasteiger charge is 2.27. The van der Waals surface area contributed by atoms with E-state index in [9.17, 15) is 4.79 Å². The number of amides is 1. The van der Waals surface area contributed by atoms with E-state index in [4.69, 9.17) is 23.2 Å². The number of hydrogen-bond donors (Lipinski definition) is 1. The molecule has 2 rings (SSSR count). The molecule has 1 N–H and O–H groups in total. The lowest BCUT2D eigenvalue weighted by Crippen LogP contribution is -2.08. The van der Waals surface area contributed by atoms with E-state index in [1.807, 2.05) is 6.92 Å². The first-order chi connectivity index (χ1) is 6.09. The molecule has 0 aromatic heterocycles. The number of hydrogen-bond acceptors (Lipinski definition) is 1. The first kappa shape index (κ1) is 8.85. The molecule has 1 unspecified atom stereocenters. The van der Waals surface area contributed by atoms with E-state index in [-0.39, 0.29) is 11.8 Å². The maximum atomic E-state index is 11.3. The molecule has 0 bridgehead atoms. The summed E-state index contributed by atoms with van der Waals surface area (Å²) in [5, 5.41) is 3.69. The van der Waals surface area contributed by atoms with Crippen LogP contribution in [0.4, 0.5) is 5.69 Å². The molecule has 68 valence electrons. The Hall–Kier alpha value is -0.730. The van der Waals surface area contributed by atoms with Crippen LogP contribution in [0.15, 0.2) is 12.1 Å². The summed E-state index contributed by atoms with van der Waals surface area (Å²) in [5.74, 6) is -0.141. The second-order valence-corrected chi connectivity index (χ2v) is 3.88. The molecule has 1 aromatic carbocycles. The number of halogens is 2. The van der Waals surface area contributed by atoms with E-state index in [0.29, 0.717) is 10.0 Å². The van der Waals surface area contributed by atoms with Crippen LogP contribution in [0.3, 0.4) is 0 Å². The molecule has 0 spiro atoms. The van der Waals surface area contributed by atoms with Crippen molar-refractivity contribution in [3.63, 3.8) is 0 Å². The predicted molar refractivity (Wildman–Crippen MR) is 53.5 cm³/mol. The van der Waals surface area contributed by atoms with Crippen molar-refractivity contribution < 1.29 is 4.79 Å². The van der Waals surface area contributed by atoms with Crippen LogP contribution in [0.1, 0.15) is 18.4 Å². The Kier molecular flexibility index (Phi) is 1.97. The fourth-order valence-electron chi connectivity index (χ4n) is 1.41. The van der Waals surface area contributed by atoms with Gasteiger partial charge in [-0.15, -0.1) is 0 Å². The first-order valence-electron chi connectivity index (χ1n) is 3.89. The molecule has 1 amide bonds.